The summed E-state index contributed by atoms with van der Waals surface area (Å²) in [6.45, 7) is 10.5. The molecule has 12 heteroatoms. The molecule has 1 N–H and O–H groups in total. The lowest BCUT2D eigenvalue weighted by Gasteiger charge is -2.36. The van der Waals surface area contributed by atoms with Crippen molar-refractivity contribution in [2.75, 3.05) is 69.6 Å². The Morgan fingerprint density at radius 3 is 2.53 bits per heavy atom. The Labute approximate surface area is 201 Å². The first-order valence-electron chi connectivity index (χ1n) is 10.2. The SMILES string of the molecule is CCNC(=NCCS(=O)(=O)N1CCSCC1)N1CCN(Cc2cc(C)on2)CC1.I. The van der Waals surface area contributed by atoms with Crippen molar-refractivity contribution in [3.8, 4) is 0 Å². The van der Waals surface area contributed by atoms with Crippen molar-refractivity contribution < 1.29 is 12.9 Å². The molecule has 9 nitrogen and oxygen atoms in total. The first kappa shape index (κ1) is 25.7. The minimum Gasteiger partial charge on any atom is -0.361 e. The van der Waals surface area contributed by atoms with Crippen LogP contribution in [-0.4, -0.2) is 103 Å². The van der Waals surface area contributed by atoms with Crippen molar-refractivity contribution in [1.29, 1.82) is 0 Å². The van der Waals surface area contributed by atoms with Crippen molar-refractivity contribution in [2.24, 2.45) is 4.99 Å². The summed E-state index contributed by atoms with van der Waals surface area (Å²) < 4.78 is 31.8. The summed E-state index contributed by atoms with van der Waals surface area (Å²) in [5.41, 5.74) is 0.956. The number of thioether (sulfide) groups is 1. The number of nitrogens with zero attached hydrogens (tertiary/aromatic N) is 5. The number of aliphatic imine (C=N–C) groups is 1. The maximum Gasteiger partial charge on any atom is 0.215 e. The second-order valence-corrected chi connectivity index (χ2v) is 10.6. The van der Waals surface area contributed by atoms with Crippen LogP contribution < -0.4 is 5.32 Å². The van der Waals surface area contributed by atoms with Gasteiger partial charge in [-0.3, -0.25) is 9.89 Å². The van der Waals surface area contributed by atoms with Crippen LogP contribution in [0.5, 0.6) is 0 Å². The molecule has 0 radical (unpaired) electrons. The largest absolute Gasteiger partial charge is 0.361 e. The molecule has 1 aromatic rings. The Bertz CT molecular complexity index is 775. The van der Waals surface area contributed by atoms with Gasteiger partial charge in [0, 0.05) is 69.9 Å². The third-order valence-corrected chi connectivity index (χ3v) is 7.84. The molecule has 0 aliphatic carbocycles. The molecule has 0 amide bonds. The van der Waals surface area contributed by atoms with Gasteiger partial charge in [-0.05, 0) is 13.8 Å². The van der Waals surface area contributed by atoms with E-state index in [0.717, 1.165) is 68.2 Å². The molecular formula is C18H33IN6O3S2. The van der Waals surface area contributed by atoms with Crippen molar-refractivity contribution in [3.05, 3.63) is 17.5 Å². The Morgan fingerprint density at radius 2 is 1.93 bits per heavy atom. The van der Waals surface area contributed by atoms with Gasteiger partial charge in [0.25, 0.3) is 0 Å². The monoisotopic (exact) mass is 572 g/mol. The highest BCUT2D eigenvalue weighted by Crippen LogP contribution is 2.13. The van der Waals surface area contributed by atoms with Crippen LogP contribution in [0.1, 0.15) is 18.4 Å². The van der Waals surface area contributed by atoms with E-state index in [2.05, 4.69) is 25.3 Å². The van der Waals surface area contributed by atoms with Crippen LogP contribution >= 0.6 is 35.7 Å². The standard InChI is InChI=1S/C18H32N6O3S2.HI/c1-3-19-18(20-4-13-29(25,26)24-9-11-28-12-10-24)23-7-5-22(6-8-23)15-17-14-16(2)27-21-17;/h14H,3-13,15H2,1-2H3,(H,19,20);1H. The minimum atomic E-state index is -3.22. The molecule has 2 aliphatic rings. The van der Waals surface area contributed by atoms with Crippen LogP contribution in [0.4, 0.5) is 0 Å². The molecule has 172 valence electrons. The van der Waals surface area contributed by atoms with Crippen molar-refractivity contribution in [1.82, 2.24) is 24.6 Å². The van der Waals surface area contributed by atoms with E-state index in [1.807, 2.05) is 31.7 Å². The summed E-state index contributed by atoms with van der Waals surface area (Å²) in [5.74, 6) is 3.46. The summed E-state index contributed by atoms with van der Waals surface area (Å²) in [5, 5.41) is 7.37. The molecule has 3 heterocycles. The molecular weight excluding hydrogens is 539 g/mol. The molecule has 0 spiro atoms. The van der Waals surface area contributed by atoms with Gasteiger partial charge >= 0.3 is 0 Å². The fraction of sp³-hybridized carbons (Fsp3) is 0.778. The number of aromatic nitrogens is 1. The molecule has 3 rings (SSSR count). The Balaban J connectivity index is 0.00000320. The number of aryl methyl sites for hydroxylation is 1. The fourth-order valence-corrected chi connectivity index (χ4v) is 5.94. The zero-order valence-corrected chi connectivity index (χ0v) is 21.7. The summed E-state index contributed by atoms with van der Waals surface area (Å²) in [4.78, 5) is 9.15. The average molecular weight is 573 g/mol. The second-order valence-electron chi connectivity index (χ2n) is 7.26. The summed E-state index contributed by atoms with van der Waals surface area (Å²) in [6, 6.07) is 1.97. The number of hydrogen-bond donors (Lipinski definition) is 1. The molecule has 0 atom stereocenters. The van der Waals surface area contributed by atoms with Gasteiger partial charge in [-0.15, -0.1) is 24.0 Å². The number of piperazine rings is 1. The molecule has 2 saturated heterocycles. The zero-order valence-electron chi connectivity index (χ0n) is 17.7. The lowest BCUT2D eigenvalue weighted by Crippen LogP contribution is -2.52. The molecule has 0 bridgehead atoms. The van der Waals surface area contributed by atoms with E-state index in [4.69, 9.17) is 4.52 Å². The predicted molar refractivity (Wildman–Crippen MR) is 132 cm³/mol. The van der Waals surface area contributed by atoms with E-state index in [9.17, 15) is 8.42 Å². The van der Waals surface area contributed by atoms with Crippen molar-refractivity contribution in [2.45, 2.75) is 20.4 Å². The number of sulfonamides is 1. The normalized spacial score (nSPS) is 19.5. The van der Waals surface area contributed by atoms with Crippen LogP contribution in [0.2, 0.25) is 0 Å². The number of hydrogen-bond acceptors (Lipinski definition) is 7. The molecule has 0 saturated carbocycles. The Hall–Kier alpha value is -0.570. The Morgan fingerprint density at radius 1 is 1.23 bits per heavy atom. The minimum absolute atomic E-state index is 0. The molecule has 2 fully saturated rings. The van der Waals surface area contributed by atoms with E-state index >= 15 is 0 Å². The topological polar surface area (TPSA) is 94.3 Å². The van der Waals surface area contributed by atoms with Crippen LogP contribution in [0.15, 0.2) is 15.6 Å². The van der Waals surface area contributed by atoms with E-state index < -0.39 is 10.0 Å². The number of nitrogens with one attached hydrogen (secondary N) is 1. The second kappa shape index (κ2) is 12.5. The van der Waals surface area contributed by atoms with E-state index in [0.29, 0.717) is 13.1 Å². The van der Waals surface area contributed by atoms with Crippen LogP contribution in [0.25, 0.3) is 0 Å². The smallest absolute Gasteiger partial charge is 0.215 e. The predicted octanol–water partition coefficient (Wildman–Crippen LogP) is 1.06. The van der Waals surface area contributed by atoms with Gasteiger partial charge in [-0.1, -0.05) is 5.16 Å². The third-order valence-electron chi connectivity index (χ3n) is 5.04. The van der Waals surface area contributed by atoms with Crippen LogP contribution in [-0.2, 0) is 16.6 Å². The highest BCUT2D eigenvalue weighted by Gasteiger charge is 2.24. The average Bonchev–Trinajstić information content (AvgIpc) is 3.13. The third kappa shape index (κ3) is 7.53. The van der Waals surface area contributed by atoms with Gasteiger partial charge in [0.1, 0.15) is 5.76 Å². The van der Waals surface area contributed by atoms with Gasteiger partial charge in [0.15, 0.2) is 5.96 Å². The highest BCUT2D eigenvalue weighted by atomic mass is 127. The summed E-state index contributed by atoms with van der Waals surface area (Å²) in [6.07, 6.45) is 0. The van der Waals surface area contributed by atoms with Crippen molar-refractivity contribution >= 4 is 51.7 Å². The van der Waals surface area contributed by atoms with Gasteiger partial charge in [-0.25, -0.2) is 12.7 Å². The lowest BCUT2D eigenvalue weighted by molar-refractivity contribution is 0.169. The first-order valence-corrected chi connectivity index (χ1v) is 13.0. The summed E-state index contributed by atoms with van der Waals surface area (Å²) in [7, 11) is -3.22. The summed E-state index contributed by atoms with van der Waals surface area (Å²) >= 11 is 1.81. The van der Waals surface area contributed by atoms with Gasteiger partial charge in [0.05, 0.1) is 18.0 Å². The number of halogens is 1. The Kier molecular flexibility index (Phi) is 10.7. The van der Waals surface area contributed by atoms with Gasteiger partial charge < -0.3 is 14.7 Å². The highest BCUT2D eigenvalue weighted by molar-refractivity contribution is 14.0. The lowest BCUT2D eigenvalue weighted by atomic mass is 10.3. The van der Waals surface area contributed by atoms with Gasteiger partial charge in [-0.2, -0.15) is 11.8 Å². The maximum absolute atomic E-state index is 12.5. The fourth-order valence-electron chi connectivity index (χ4n) is 3.49. The van der Waals surface area contributed by atoms with Gasteiger partial charge in [0.2, 0.25) is 10.0 Å². The molecule has 1 aromatic heterocycles. The quantitative estimate of drug-likeness (QED) is 0.295. The molecule has 0 unspecified atom stereocenters. The van der Waals surface area contributed by atoms with E-state index in [-0.39, 0.29) is 36.3 Å². The number of guanidine groups is 1. The molecule has 0 aromatic carbocycles. The van der Waals surface area contributed by atoms with Crippen LogP contribution in [0, 0.1) is 6.92 Å². The molecule has 30 heavy (non-hydrogen) atoms. The maximum atomic E-state index is 12.5. The first-order chi connectivity index (χ1) is 14.0. The van der Waals surface area contributed by atoms with Crippen LogP contribution in [0.3, 0.4) is 0 Å². The molecule has 2 aliphatic heterocycles. The van der Waals surface area contributed by atoms with E-state index in [1.54, 1.807) is 4.31 Å². The number of rotatable bonds is 7. The van der Waals surface area contributed by atoms with Crippen molar-refractivity contribution in [3.63, 3.8) is 0 Å². The zero-order chi connectivity index (χ0) is 20.7. The van der Waals surface area contributed by atoms with E-state index in [1.165, 1.54) is 0 Å².